The van der Waals surface area contributed by atoms with Crippen molar-refractivity contribution in [3.05, 3.63) is 74.8 Å². The number of aliphatic hydroxyl groups excluding tert-OH is 4. The third-order valence-corrected chi connectivity index (χ3v) is 7.32. The van der Waals surface area contributed by atoms with Crippen LogP contribution < -0.4 is 22.3 Å². The molecule has 0 saturated carbocycles. The first-order chi connectivity index (χ1) is 22.7. The van der Waals surface area contributed by atoms with Crippen molar-refractivity contribution in [2.75, 3.05) is 18.5 Å². The molecular weight excluding hydrogens is 654 g/mol. The van der Waals surface area contributed by atoms with E-state index in [4.69, 9.17) is 24.7 Å². The van der Waals surface area contributed by atoms with E-state index >= 15 is 0 Å². The van der Waals surface area contributed by atoms with Crippen molar-refractivity contribution in [2.24, 2.45) is 11.7 Å². The summed E-state index contributed by atoms with van der Waals surface area (Å²) in [5, 5.41) is 44.2. The highest BCUT2D eigenvalue weighted by molar-refractivity contribution is 6.02. The second kappa shape index (κ2) is 15.0. The van der Waals surface area contributed by atoms with Gasteiger partial charge in [-0.05, 0) is 32.1 Å². The van der Waals surface area contributed by atoms with Crippen LogP contribution in [0.25, 0.3) is 0 Å². The van der Waals surface area contributed by atoms with E-state index in [-0.39, 0.29) is 12.3 Å². The summed E-state index contributed by atoms with van der Waals surface area (Å²) in [4.78, 5) is 63.0. The maximum atomic E-state index is 13.6. The van der Waals surface area contributed by atoms with Gasteiger partial charge in [0.05, 0.1) is 13.2 Å². The topological polar surface area (TPSA) is 260 Å². The summed E-state index contributed by atoms with van der Waals surface area (Å²) >= 11 is 0. The molecule has 2 aromatic rings. The molecule has 0 bridgehead atoms. The van der Waals surface area contributed by atoms with Crippen LogP contribution in [0.15, 0.2) is 51.9 Å². The average Bonchev–Trinajstić information content (AvgIpc) is 3.34. The highest BCUT2D eigenvalue weighted by Gasteiger charge is 2.52. The zero-order chi connectivity index (χ0) is 35.4. The Balaban J connectivity index is 1.57. The number of rotatable bonds is 11. The maximum Gasteiger partial charge on any atom is 0.510 e. The molecule has 48 heavy (non-hydrogen) atoms. The number of nitrogens with two attached hydrogens (primary N) is 1. The first-order valence-corrected chi connectivity index (χ1v) is 14.3. The molecule has 1 unspecified atom stereocenters. The summed E-state index contributed by atoms with van der Waals surface area (Å²) in [5.41, 5.74) is 3.27. The largest absolute Gasteiger partial charge is 0.510 e. The number of ether oxygens (including phenoxy) is 5. The molecule has 9 atom stereocenters. The second-order valence-electron chi connectivity index (χ2n) is 10.5. The third-order valence-electron chi connectivity index (χ3n) is 7.32. The quantitative estimate of drug-likeness (QED) is 0.144. The van der Waals surface area contributed by atoms with Gasteiger partial charge >= 0.3 is 11.8 Å². The molecule has 1 aromatic heterocycles. The van der Waals surface area contributed by atoms with E-state index in [9.17, 15) is 53.2 Å². The van der Waals surface area contributed by atoms with Crippen LogP contribution >= 0.6 is 0 Å². The minimum Gasteiger partial charge on any atom is -0.456 e. The van der Waals surface area contributed by atoms with Crippen molar-refractivity contribution >= 4 is 23.7 Å². The van der Waals surface area contributed by atoms with Gasteiger partial charge < -0.3 is 55.2 Å². The van der Waals surface area contributed by atoms with Crippen molar-refractivity contribution in [3.8, 4) is 0 Å². The van der Waals surface area contributed by atoms with Crippen LogP contribution in [0.1, 0.15) is 26.3 Å². The molecule has 2 aliphatic heterocycles. The number of hydrogen-bond donors (Lipinski definition) is 6. The Morgan fingerprint density at radius 3 is 2.44 bits per heavy atom. The van der Waals surface area contributed by atoms with Gasteiger partial charge in [-0.2, -0.15) is 0 Å². The number of amides is 2. The lowest BCUT2D eigenvalue weighted by Gasteiger charge is -2.35. The summed E-state index contributed by atoms with van der Waals surface area (Å²) in [6, 6.07) is 3.32. The van der Waals surface area contributed by atoms with Gasteiger partial charge in [-0.3, -0.25) is 19.0 Å². The fourth-order valence-corrected chi connectivity index (χ4v) is 4.97. The fraction of sp³-hybridized carbons (Fsp3) is 0.464. The zero-order valence-corrected chi connectivity index (χ0v) is 25.2. The van der Waals surface area contributed by atoms with Gasteiger partial charge in [-0.15, -0.1) is 0 Å². The molecule has 1 saturated heterocycles. The number of anilines is 1. The van der Waals surface area contributed by atoms with E-state index in [1.807, 2.05) is 0 Å². The van der Waals surface area contributed by atoms with Gasteiger partial charge in [0.15, 0.2) is 36.0 Å². The standard InChI is InChI=1S/C28H32F2N4O14/c1-3-44-28(43)45-11(2)34-18(37)6-7-33(27(34)42)25-19(38)13(10-35)21(47-25)22(23(31)40)48-26-20(39)16(36)9-17(46-26)24(41)32-12-4-5-14(29)15(30)8-12/h4-9,11,13,16,19-22,25-26,35-36,38-39H,3,10H2,1-2H3,(H2,31,40)(H,32,41)/t11?,13-,16-,19+,20-,21-,22+,25+,26+/m0/s1. The van der Waals surface area contributed by atoms with Gasteiger partial charge in [-0.25, -0.2) is 22.9 Å². The van der Waals surface area contributed by atoms with Crippen LogP contribution in [0.2, 0.25) is 0 Å². The molecule has 0 spiro atoms. The number of nitrogens with zero attached hydrogens (tertiary/aromatic N) is 2. The number of nitrogens with one attached hydrogen (secondary N) is 1. The van der Waals surface area contributed by atoms with E-state index in [2.05, 4.69) is 10.1 Å². The van der Waals surface area contributed by atoms with E-state index in [1.165, 1.54) is 13.8 Å². The molecule has 18 nitrogen and oxygen atoms in total. The van der Waals surface area contributed by atoms with Crippen molar-refractivity contribution in [1.82, 2.24) is 9.13 Å². The average molecular weight is 687 g/mol. The number of aromatic nitrogens is 2. The molecule has 2 aliphatic rings. The van der Waals surface area contributed by atoms with Crippen molar-refractivity contribution in [1.29, 1.82) is 0 Å². The molecular formula is C28H32F2N4O14. The number of carbonyl (C=O) groups is 3. The summed E-state index contributed by atoms with van der Waals surface area (Å²) < 4.78 is 54.3. The Kier molecular flexibility index (Phi) is 11.3. The summed E-state index contributed by atoms with van der Waals surface area (Å²) in [6.45, 7) is 1.75. The van der Waals surface area contributed by atoms with E-state index in [1.54, 1.807) is 0 Å². The van der Waals surface area contributed by atoms with E-state index < -0.39 is 108 Å². The van der Waals surface area contributed by atoms with Crippen LogP contribution in [0.3, 0.4) is 0 Å². The Labute approximate surface area is 268 Å². The first kappa shape index (κ1) is 36.1. The number of carbonyl (C=O) groups excluding carboxylic acids is 3. The highest BCUT2D eigenvalue weighted by atomic mass is 19.2. The lowest BCUT2D eigenvalue weighted by atomic mass is 9.94. The molecule has 1 aromatic carbocycles. The first-order valence-electron chi connectivity index (χ1n) is 14.3. The Bertz CT molecular complexity index is 1680. The van der Waals surface area contributed by atoms with Crippen LogP contribution in [0.4, 0.5) is 19.3 Å². The molecule has 3 heterocycles. The number of halogens is 2. The maximum absolute atomic E-state index is 13.6. The Morgan fingerprint density at radius 2 is 1.81 bits per heavy atom. The lowest BCUT2D eigenvalue weighted by molar-refractivity contribution is -0.239. The monoisotopic (exact) mass is 686 g/mol. The van der Waals surface area contributed by atoms with Crippen molar-refractivity contribution in [3.63, 3.8) is 0 Å². The normalized spacial score (nSPS) is 26.5. The molecule has 262 valence electrons. The molecule has 0 aliphatic carbocycles. The molecule has 1 fully saturated rings. The molecule has 7 N–H and O–H groups in total. The fourth-order valence-electron chi connectivity index (χ4n) is 4.97. The highest BCUT2D eigenvalue weighted by Crippen LogP contribution is 2.36. The van der Waals surface area contributed by atoms with Gasteiger partial charge in [0, 0.05) is 29.9 Å². The molecule has 20 heteroatoms. The van der Waals surface area contributed by atoms with Crippen LogP contribution in [0.5, 0.6) is 0 Å². The minimum absolute atomic E-state index is 0.0570. The van der Waals surface area contributed by atoms with Crippen LogP contribution in [-0.2, 0) is 33.3 Å². The number of benzene rings is 1. The molecule has 2 amide bonds. The predicted octanol–water partition coefficient (Wildman–Crippen LogP) is -1.68. The van der Waals surface area contributed by atoms with Gasteiger partial charge in [0.2, 0.25) is 12.2 Å². The van der Waals surface area contributed by atoms with Gasteiger partial charge in [0.25, 0.3) is 11.5 Å². The van der Waals surface area contributed by atoms with E-state index in [0.717, 1.165) is 35.0 Å². The smallest absolute Gasteiger partial charge is 0.456 e. The Hall–Kier alpha value is -4.73. The third kappa shape index (κ3) is 7.53. The van der Waals surface area contributed by atoms with Crippen molar-refractivity contribution in [2.45, 2.75) is 63.1 Å². The number of aliphatic hydroxyl groups is 4. The van der Waals surface area contributed by atoms with Crippen molar-refractivity contribution < 1.29 is 67.3 Å². The molecule has 4 rings (SSSR count). The summed E-state index contributed by atoms with van der Waals surface area (Å²) in [7, 11) is 0. The summed E-state index contributed by atoms with van der Waals surface area (Å²) in [5.74, 6) is -6.95. The summed E-state index contributed by atoms with van der Waals surface area (Å²) in [6.07, 6.45) is -13.9. The van der Waals surface area contributed by atoms with Gasteiger partial charge in [-0.1, -0.05) is 0 Å². The SMILES string of the molecule is CCOC(=O)OC(C)n1c(=O)ccn([C@@H]2O[C@H]([C@@H](O[C@H]3OC(C(=O)Nc4ccc(F)c(F)c4)=C[C@H](O)[C@@H]3O)C(N)=O)[C@@H](CO)[C@H]2O)c1=O. The minimum atomic E-state index is -2.02. The number of hydrogen-bond acceptors (Lipinski definition) is 14. The zero-order valence-electron chi connectivity index (χ0n) is 25.2. The van der Waals surface area contributed by atoms with E-state index in [0.29, 0.717) is 10.6 Å². The number of primary amides is 1. The predicted molar refractivity (Wildman–Crippen MR) is 152 cm³/mol. The molecule has 0 radical (unpaired) electrons. The lowest BCUT2D eigenvalue weighted by Crippen LogP contribution is -2.52. The van der Waals surface area contributed by atoms with Gasteiger partial charge in [0.1, 0.15) is 24.4 Å². The second-order valence-corrected chi connectivity index (χ2v) is 10.5. The van der Waals surface area contributed by atoms with Crippen LogP contribution in [-0.4, -0.2) is 97.6 Å². The van der Waals surface area contributed by atoms with Crippen LogP contribution in [0, 0.1) is 17.6 Å². The Morgan fingerprint density at radius 1 is 1.10 bits per heavy atom.